The van der Waals surface area contributed by atoms with Crippen LogP contribution in [0.15, 0.2) is 53.4 Å². The maximum Gasteiger partial charge on any atom is 0.269 e. The van der Waals surface area contributed by atoms with Gasteiger partial charge in [-0.25, -0.2) is 0 Å². The van der Waals surface area contributed by atoms with Crippen molar-refractivity contribution < 1.29 is 14.5 Å². The number of anilines is 2. The quantitative estimate of drug-likeness (QED) is 0.477. The van der Waals surface area contributed by atoms with Crippen molar-refractivity contribution in [2.24, 2.45) is 0 Å². The fourth-order valence-electron chi connectivity index (χ4n) is 2.72. The lowest BCUT2D eigenvalue weighted by atomic mass is 10.2. The van der Waals surface area contributed by atoms with E-state index in [0.717, 1.165) is 11.3 Å². The third-order valence-electron chi connectivity index (χ3n) is 3.96. The van der Waals surface area contributed by atoms with Gasteiger partial charge in [0, 0.05) is 30.0 Å². The number of hydrogen-bond donors (Lipinski definition) is 1. The summed E-state index contributed by atoms with van der Waals surface area (Å²) in [5, 5.41) is 13.5. The number of nitrogens with zero attached hydrogens (tertiary/aromatic N) is 2. The number of amides is 2. The molecule has 0 spiro atoms. The SMILES string of the molecule is O=C(CSc1ccc([N+](=O)[O-])cc1)Nc1ccccc1N1CCCC1=O. The van der Waals surface area contributed by atoms with Gasteiger partial charge in [-0.2, -0.15) is 0 Å². The van der Waals surface area contributed by atoms with Crippen LogP contribution < -0.4 is 10.2 Å². The normalized spacial score (nSPS) is 13.7. The summed E-state index contributed by atoms with van der Waals surface area (Å²) in [6, 6.07) is 13.3. The van der Waals surface area contributed by atoms with Crippen molar-refractivity contribution in [3.05, 3.63) is 58.6 Å². The van der Waals surface area contributed by atoms with Crippen molar-refractivity contribution in [2.45, 2.75) is 17.7 Å². The minimum atomic E-state index is -0.461. The van der Waals surface area contributed by atoms with Crippen molar-refractivity contribution in [3.63, 3.8) is 0 Å². The summed E-state index contributed by atoms with van der Waals surface area (Å²) < 4.78 is 0. The Morgan fingerprint density at radius 2 is 1.92 bits per heavy atom. The molecule has 7 nitrogen and oxygen atoms in total. The van der Waals surface area contributed by atoms with E-state index < -0.39 is 4.92 Å². The zero-order valence-electron chi connectivity index (χ0n) is 13.9. The van der Waals surface area contributed by atoms with Gasteiger partial charge in [-0.15, -0.1) is 11.8 Å². The third-order valence-corrected chi connectivity index (χ3v) is 4.97. The summed E-state index contributed by atoms with van der Waals surface area (Å²) in [5.74, 6) is 0.0273. The zero-order chi connectivity index (χ0) is 18.5. The molecule has 134 valence electrons. The second-order valence-corrected chi connectivity index (χ2v) is 6.80. The first-order valence-electron chi connectivity index (χ1n) is 8.11. The molecule has 8 heteroatoms. The van der Waals surface area contributed by atoms with Crippen LogP contribution >= 0.6 is 11.8 Å². The molecule has 0 bridgehead atoms. The maximum atomic E-state index is 12.3. The molecule has 1 heterocycles. The van der Waals surface area contributed by atoms with Crippen LogP contribution in [-0.2, 0) is 9.59 Å². The summed E-state index contributed by atoms with van der Waals surface area (Å²) >= 11 is 1.29. The molecule has 0 unspecified atom stereocenters. The van der Waals surface area contributed by atoms with Gasteiger partial charge in [0.05, 0.1) is 22.1 Å². The molecule has 2 aromatic carbocycles. The van der Waals surface area contributed by atoms with Crippen LogP contribution in [0.3, 0.4) is 0 Å². The van der Waals surface area contributed by atoms with E-state index in [1.54, 1.807) is 23.1 Å². The van der Waals surface area contributed by atoms with Gasteiger partial charge in [0.2, 0.25) is 11.8 Å². The number of rotatable bonds is 6. The highest BCUT2D eigenvalue weighted by atomic mass is 32.2. The van der Waals surface area contributed by atoms with Crippen molar-refractivity contribution in [2.75, 3.05) is 22.5 Å². The van der Waals surface area contributed by atoms with E-state index >= 15 is 0 Å². The van der Waals surface area contributed by atoms with Crippen LogP contribution in [0, 0.1) is 10.1 Å². The lowest BCUT2D eigenvalue weighted by molar-refractivity contribution is -0.384. The van der Waals surface area contributed by atoms with Gasteiger partial charge >= 0.3 is 0 Å². The standard InChI is InChI=1S/C18H17N3O4S/c22-17(12-26-14-9-7-13(8-10-14)21(24)25)19-15-4-1-2-5-16(15)20-11-3-6-18(20)23/h1-2,4-5,7-10H,3,6,11-12H2,(H,19,22). The lowest BCUT2D eigenvalue weighted by Gasteiger charge is -2.19. The predicted molar refractivity (Wildman–Crippen MR) is 100 cm³/mol. The number of nitrogens with one attached hydrogen (secondary N) is 1. The number of hydrogen-bond acceptors (Lipinski definition) is 5. The van der Waals surface area contributed by atoms with Crippen LogP contribution in [0.5, 0.6) is 0 Å². The molecule has 1 saturated heterocycles. The van der Waals surface area contributed by atoms with Gasteiger partial charge in [-0.05, 0) is 30.7 Å². The molecule has 0 saturated carbocycles. The summed E-state index contributed by atoms with van der Waals surface area (Å²) in [7, 11) is 0. The molecule has 1 fully saturated rings. The highest BCUT2D eigenvalue weighted by Gasteiger charge is 2.24. The van der Waals surface area contributed by atoms with Crippen LogP contribution in [0.1, 0.15) is 12.8 Å². The van der Waals surface area contributed by atoms with Gasteiger partial charge < -0.3 is 10.2 Å². The van der Waals surface area contributed by atoms with Gasteiger partial charge in [0.1, 0.15) is 0 Å². The number of carbonyl (C=O) groups is 2. The Labute approximate surface area is 154 Å². The van der Waals surface area contributed by atoms with E-state index in [9.17, 15) is 19.7 Å². The monoisotopic (exact) mass is 371 g/mol. The van der Waals surface area contributed by atoms with Gasteiger partial charge in [0.15, 0.2) is 0 Å². The molecule has 0 radical (unpaired) electrons. The maximum absolute atomic E-state index is 12.3. The van der Waals surface area contributed by atoms with Crippen LogP contribution in [-0.4, -0.2) is 29.0 Å². The van der Waals surface area contributed by atoms with Gasteiger partial charge in [-0.3, -0.25) is 19.7 Å². The fraction of sp³-hybridized carbons (Fsp3) is 0.222. The number of nitro groups is 1. The Bertz CT molecular complexity index is 839. The Balaban J connectivity index is 1.62. The molecule has 2 aromatic rings. The fourth-order valence-corrected chi connectivity index (χ4v) is 3.42. The lowest BCUT2D eigenvalue weighted by Crippen LogP contribution is -2.25. The van der Waals surface area contributed by atoms with E-state index in [1.807, 2.05) is 18.2 Å². The van der Waals surface area contributed by atoms with E-state index in [-0.39, 0.29) is 23.3 Å². The van der Waals surface area contributed by atoms with Crippen molar-refractivity contribution >= 4 is 40.6 Å². The number of thioether (sulfide) groups is 1. The average Bonchev–Trinajstić information content (AvgIpc) is 3.06. The number of nitro benzene ring substituents is 1. The molecule has 0 aliphatic carbocycles. The number of non-ortho nitro benzene ring substituents is 1. The minimum Gasteiger partial charge on any atom is -0.324 e. The second kappa shape index (κ2) is 8.01. The van der Waals surface area contributed by atoms with Crippen molar-refractivity contribution in [1.82, 2.24) is 0 Å². The molecule has 0 aromatic heterocycles. The van der Waals surface area contributed by atoms with E-state index in [2.05, 4.69) is 5.32 Å². The number of carbonyl (C=O) groups excluding carboxylic acids is 2. The minimum absolute atomic E-state index is 0.0167. The predicted octanol–water partition coefficient (Wildman–Crippen LogP) is 3.45. The molecule has 3 rings (SSSR count). The summed E-state index contributed by atoms with van der Waals surface area (Å²) in [4.78, 5) is 36.9. The Morgan fingerprint density at radius 1 is 1.19 bits per heavy atom. The average molecular weight is 371 g/mol. The summed E-state index contributed by atoms with van der Waals surface area (Å²) in [6.07, 6.45) is 1.34. The second-order valence-electron chi connectivity index (χ2n) is 5.75. The molecule has 1 aliphatic rings. The topological polar surface area (TPSA) is 92.5 Å². The van der Waals surface area contributed by atoms with Crippen molar-refractivity contribution in [3.8, 4) is 0 Å². The molecular weight excluding hydrogens is 354 g/mol. The smallest absolute Gasteiger partial charge is 0.269 e. The largest absolute Gasteiger partial charge is 0.324 e. The highest BCUT2D eigenvalue weighted by Crippen LogP contribution is 2.29. The Kier molecular flexibility index (Phi) is 5.52. The number of benzene rings is 2. The summed E-state index contributed by atoms with van der Waals surface area (Å²) in [5.41, 5.74) is 1.34. The first-order valence-corrected chi connectivity index (χ1v) is 9.09. The van der Waals surface area contributed by atoms with Crippen LogP contribution in [0.25, 0.3) is 0 Å². The van der Waals surface area contributed by atoms with E-state index in [0.29, 0.717) is 24.3 Å². The first kappa shape index (κ1) is 17.9. The molecule has 0 atom stereocenters. The van der Waals surface area contributed by atoms with Crippen molar-refractivity contribution in [1.29, 1.82) is 0 Å². The molecule has 1 N–H and O–H groups in total. The molecule has 1 aliphatic heterocycles. The third kappa shape index (κ3) is 4.20. The molecule has 2 amide bonds. The molecular formula is C18H17N3O4S. The van der Waals surface area contributed by atoms with E-state index in [4.69, 9.17) is 0 Å². The highest BCUT2D eigenvalue weighted by molar-refractivity contribution is 8.00. The van der Waals surface area contributed by atoms with Gasteiger partial charge in [0.25, 0.3) is 5.69 Å². The van der Waals surface area contributed by atoms with Gasteiger partial charge in [-0.1, -0.05) is 12.1 Å². The first-order chi connectivity index (χ1) is 12.5. The Hall–Kier alpha value is -2.87. The molecule has 26 heavy (non-hydrogen) atoms. The Morgan fingerprint density at radius 3 is 2.58 bits per heavy atom. The summed E-state index contributed by atoms with van der Waals surface area (Å²) in [6.45, 7) is 0.656. The van der Waals surface area contributed by atoms with E-state index in [1.165, 1.54) is 23.9 Å². The van der Waals surface area contributed by atoms with Crippen LogP contribution in [0.2, 0.25) is 0 Å². The number of para-hydroxylation sites is 2. The zero-order valence-corrected chi connectivity index (χ0v) is 14.7. The van der Waals surface area contributed by atoms with Crippen LogP contribution in [0.4, 0.5) is 17.1 Å².